The first-order valence-electron chi connectivity index (χ1n) is 7.16. The van der Waals surface area contributed by atoms with Gasteiger partial charge in [-0.3, -0.25) is 0 Å². The lowest BCUT2D eigenvalue weighted by Crippen LogP contribution is -1.95. The second-order valence-corrected chi connectivity index (χ2v) is 5.01. The Morgan fingerprint density at radius 2 is 1.96 bits per heavy atom. The van der Waals surface area contributed by atoms with Crippen molar-refractivity contribution < 1.29 is 23.8 Å². The Morgan fingerprint density at radius 3 is 2.67 bits per heavy atom. The predicted molar refractivity (Wildman–Crippen MR) is 88.4 cm³/mol. The Kier molecular flexibility index (Phi) is 4.20. The lowest BCUT2D eigenvalue weighted by molar-refractivity contribution is 0.0697. The zero-order valence-electron chi connectivity index (χ0n) is 13.2. The van der Waals surface area contributed by atoms with E-state index in [9.17, 15) is 4.79 Å². The average Bonchev–Trinajstić information content (AvgIpc) is 3.11. The van der Waals surface area contributed by atoms with E-state index in [0.29, 0.717) is 28.6 Å². The Bertz CT molecular complexity index is 885. The van der Waals surface area contributed by atoms with Gasteiger partial charge in [0, 0.05) is 22.0 Å². The van der Waals surface area contributed by atoms with Gasteiger partial charge in [0.25, 0.3) is 0 Å². The van der Waals surface area contributed by atoms with Crippen molar-refractivity contribution in [1.29, 1.82) is 0 Å². The quantitative estimate of drug-likeness (QED) is 0.673. The highest BCUT2D eigenvalue weighted by Crippen LogP contribution is 2.34. The van der Waals surface area contributed by atoms with Crippen LogP contribution in [0, 0.1) is 0 Å². The smallest absolute Gasteiger partial charge is 0.549 e. The van der Waals surface area contributed by atoms with E-state index in [1.165, 1.54) is 6.26 Å². The van der Waals surface area contributed by atoms with E-state index >= 15 is 0 Å². The van der Waals surface area contributed by atoms with E-state index in [0.717, 1.165) is 5.56 Å². The van der Waals surface area contributed by atoms with E-state index < -0.39 is 5.97 Å². The van der Waals surface area contributed by atoms with E-state index in [-0.39, 0.29) is 5.56 Å². The molecule has 3 rings (SSSR count). The van der Waals surface area contributed by atoms with Gasteiger partial charge in [0.05, 0.1) is 14.2 Å². The highest BCUT2D eigenvalue weighted by atomic mass is 16.5. The van der Waals surface area contributed by atoms with Crippen molar-refractivity contribution in [1.82, 2.24) is 4.98 Å². The number of rotatable bonds is 5. The molecule has 0 saturated carbocycles. The maximum absolute atomic E-state index is 11.2. The molecule has 1 aromatic heterocycles. The summed E-state index contributed by atoms with van der Waals surface area (Å²) >= 11 is 0. The van der Waals surface area contributed by atoms with Gasteiger partial charge < -0.3 is 19.0 Å². The molecule has 3 aromatic rings. The van der Waals surface area contributed by atoms with Gasteiger partial charge >= 0.3 is 5.97 Å². The van der Waals surface area contributed by atoms with E-state index in [2.05, 4.69) is 4.98 Å². The summed E-state index contributed by atoms with van der Waals surface area (Å²) < 4.78 is 16.1. The molecule has 0 unspecified atom stereocenters. The molecule has 0 aliphatic carbocycles. The van der Waals surface area contributed by atoms with E-state index in [4.69, 9.17) is 19.0 Å². The van der Waals surface area contributed by atoms with Crippen LogP contribution in [-0.4, -0.2) is 30.3 Å². The van der Waals surface area contributed by atoms with Gasteiger partial charge in [-0.1, -0.05) is 6.07 Å². The van der Waals surface area contributed by atoms with Crippen LogP contribution < -0.4 is 9.47 Å². The van der Waals surface area contributed by atoms with Gasteiger partial charge in [0.1, 0.15) is 29.0 Å². The molecular formula is C18H16NO5+. The molecule has 0 saturated heterocycles. The minimum Gasteiger partial charge on any atom is -0.561 e. The molecule has 0 fully saturated rings. The van der Waals surface area contributed by atoms with Crippen LogP contribution in [0.25, 0.3) is 22.7 Å². The van der Waals surface area contributed by atoms with Crippen molar-refractivity contribution in [2.24, 2.45) is 0 Å². The molecule has 1 heterocycles. The zero-order valence-corrected chi connectivity index (χ0v) is 13.2. The molecule has 0 aliphatic rings. The monoisotopic (exact) mass is 326 g/mol. The Labute approximate surface area is 138 Å². The van der Waals surface area contributed by atoms with Crippen LogP contribution in [0.4, 0.5) is 0 Å². The van der Waals surface area contributed by atoms with Gasteiger partial charge in [-0.2, -0.15) is 0 Å². The number of aromatic nitrogens is 1. The number of benzene rings is 2. The molecule has 6 heteroatoms. The summed E-state index contributed by atoms with van der Waals surface area (Å²) in [5.74, 6) is 0.914. The van der Waals surface area contributed by atoms with Gasteiger partial charge in [-0.05, 0) is 30.3 Å². The zero-order chi connectivity index (χ0) is 17.1. The molecule has 0 radical (unpaired) electrons. The van der Waals surface area contributed by atoms with Crippen LogP contribution in [0.15, 0.2) is 53.1 Å². The highest BCUT2D eigenvalue weighted by molar-refractivity contribution is 5.89. The summed E-state index contributed by atoms with van der Waals surface area (Å²) in [6.45, 7) is 0. The van der Waals surface area contributed by atoms with E-state index in [1.807, 2.05) is 12.1 Å². The Morgan fingerprint density at radius 1 is 1.12 bits per heavy atom. The third kappa shape index (κ3) is 2.94. The fourth-order valence-electron chi connectivity index (χ4n) is 2.33. The summed E-state index contributed by atoms with van der Waals surface area (Å²) in [6, 6.07) is 12.0. The van der Waals surface area contributed by atoms with Crippen LogP contribution in [0.3, 0.4) is 0 Å². The predicted octanol–water partition coefficient (Wildman–Crippen LogP) is 2.89. The van der Waals surface area contributed by atoms with Crippen molar-refractivity contribution in [3.8, 4) is 34.2 Å². The molecule has 0 aliphatic heterocycles. The Balaban J connectivity index is 1.99. The number of carbonyl (C=O) groups is 1. The summed E-state index contributed by atoms with van der Waals surface area (Å²) in [4.78, 5) is 15.6. The first-order chi connectivity index (χ1) is 11.6. The van der Waals surface area contributed by atoms with Crippen molar-refractivity contribution in [3.05, 3.63) is 54.3 Å². The van der Waals surface area contributed by atoms with Gasteiger partial charge in [-0.15, -0.1) is 0 Å². The fraction of sp³-hybridized carbons (Fsp3) is 0.111. The normalized spacial score (nSPS) is 10.4. The number of carbonyl (C=O) groups excluding carboxylic acids is 1. The van der Waals surface area contributed by atoms with Crippen LogP contribution in [0.2, 0.25) is 0 Å². The van der Waals surface area contributed by atoms with Crippen LogP contribution >= 0.6 is 0 Å². The first-order valence-corrected chi connectivity index (χ1v) is 7.16. The first kappa shape index (κ1) is 15.6. The summed E-state index contributed by atoms with van der Waals surface area (Å²) in [5.41, 5.74) is 2.29. The van der Waals surface area contributed by atoms with Gasteiger partial charge in [0.15, 0.2) is 0 Å². The second kappa shape index (κ2) is 6.45. The average molecular weight is 326 g/mol. The molecule has 0 amide bonds. The lowest BCUT2D eigenvalue weighted by Gasteiger charge is -2.07. The largest absolute Gasteiger partial charge is 0.561 e. The summed E-state index contributed by atoms with van der Waals surface area (Å²) in [5, 5.41) is 7.19. The second-order valence-electron chi connectivity index (χ2n) is 5.01. The number of nitrogens with zero attached hydrogens (tertiary/aromatic N) is 1. The minimum absolute atomic E-state index is 0.286. The Hall–Kier alpha value is -3.28. The molecule has 6 nitrogen and oxygen atoms in total. The maximum Gasteiger partial charge on any atom is 0.549 e. The highest BCUT2D eigenvalue weighted by Gasteiger charge is 2.16. The van der Waals surface area contributed by atoms with Crippen LogP contribution in [0.1, 0.15) is 10.4 Å². The number of hydrogen-bond acceptors (Lipinski definition) is 5. The van der Waals surface area contributed by atoms with E-state index in [1.54, 1.807) is 44.6 Å². The molecule has 0 atom stereocenters. The van der Waals surface area contributed by atoms with Crippen molar-refractivity contribution in [2.45, 2.75) is 0 Å². The molecule has 122 valence electrons. The number of hydrogen-bond donors (Lipinski definition) is 0. The number of ether oxygens (including phenoxy) is 2. The van der Waals surface area contributed by atoms with Gasteiger partial charge in [0.2, 0.25) is 5.89 Å². The SMILES string of the molecule is COc1ccc(-c2coc(-c3cccc(C(=O)[OH2+])c3)n2)c(OC)c1. The lowest BCUT2D eigenvalue weighted by atomic mass is 10.1. The third-order valence-corrected chi connectivity index (χ3v) is 3.56. The van der Waals surface area contributed by atoms with Crippen molar-refractivity contribution >= 4 is 5.97 Å². The fourth-order valence-corrected chi connectivity index (χ4v) is 2.33. The molecule has 0 bridgehead atoms. The molecule has 0 spiro atoms. The standard InChI is InChI=1S/C18H15NO5/c1-22-13-6-7-14(16(9-13)23-2)15-10-24-17(19-15)11-4-3-5-12(8-11)18(20)21/h3-10H,1-2H3,(H,20,21)/p+1. The minimum atomic E-state index is -0.750. The van der Waals surface area contributed by atoms with Crippen molar-refractivity contribution in [2.75, 3.05) is 14.2 Å². The number of oxazole rings is 1. The molecule has 2 aromatic carbocycles. The molecule has 2 N–H and O–H groups in total. The molecule has 24 heavy (non-hydrogen) atoms. The topological polar surface area (TPSA) is 84.5 Å². The molecular weight excluding hydrogens is 310 g/mol. The summed E-state index contributed by atoms with van der Waals surface area (Å²) in [6.07, 6.45) is 1.52. The van der Waals surface area contributed by atoms with Crippen LogP contribution in [-0.2, 0) is 0 Å². The van der Waals surface area contributed by atoms with Crippen molar-refractivity contribution in [3.63, 3.8) is 0 Å². The third-order valence-electron chi connectivity index (χ3n) is 3.56. The maximum atomic E-state index is 11.2. The summed E-state index contributed by atoms with van der Waals surface area (Å²) in [7, 11) is 3.16. The van der Waals surface area contributed by atoms with Crippen LogP contribution in [0.5, 0.6) is 11.5 Å². The van der Waals surface area contributed by atoms with Gasteiger partial charge in [-0.25, -0.2) is 4.98 Å². The number of methoxy groups -OCH3 is 2.